The van der Waals surface area contributed by atoms with Gasteiger partial charge in [-0.05, 0) is 68.9 Å². The number of ether oxygens (including phenoxy) is 1. The summed E-state index contributed by atoms with van der Waals surface area (Å²) in [6, 6.07) is 6.92. The van der Waals surface area contributed by atoms with Gasteiger partial charge < -0.3 is 9.64 Å². The van der Waals surface area contributed by atoms with E-state index in [1.165, 1.54) is 48.2 Å². The highest BCUT2D eigenvalue weighted by Crippen LogP contribution is 2.54. The summed E-state index contributed by atoms with van der Waals surface area (Å²) in [4.78, 5) is 2.44. The molecule has 0 saturated carbocycles. The Balaban J connectivity index is 1.79. The third kappa shape index (κ3) is 1.64. The van der Waals surface area contributed by atoms with Gasteiger partial charge in [-0.2, -0.15) is 0 Å². The van der Waals surface area contributed by atoms with E-state index in [9.17, 15) is 0 Å². The molecule has 1 saturated heterocycles. The van der Waals surface area contributed by atoms with Crippen LogP contribution >= 0.6 is 0 Å². The molecule has 0 radical (unpaired) electrons. The van der Waals surface area contributed by atoms with Gasteiger partial charge in [-0.25, -0.2) is 0 Å². The van der Waals surface area contributed by atoms with Crippen molar-refractivity contribution in [2.75, 3.05) is 26.7 Å². The van der Waals surface area contributed by atoms with Gasteiger partial charge >= 0.3 is 0 Å². The van der Waals surface area contributed by atoms with Gasteiger partial charge in [0, 0.05) is 0 Å². The number of rotatable bonds is 1. The van der Waals surface area contributed by atoms with Crippen molar-refractivity contribution >= 4 is 0 Å². The Morgan fingerprint density at radius 2 is 2.05 bits per heavy atom. The molecule has 20 heavy (non-hydrogen) atoms. The summed E-state index contributed by atoms with van der Waals surface area (Å²) in [5.41, 5.74) is 5.76. The van der Waals surface area contributed by atoms with Crippen LogP contribution in [0.1, 0.15) is 29.5 Å². The maximum Gasteiger partial charge on any atom is 0.118 e. The fraction of sp³-hybridized carbons (Fsp3) is 0.556. The molecule has 1 fully saturated rings. The first kappa shape index (κ1) is 12.6. The van der Waals surface area contributed by atoms with Crippen LogP contribution in [0.25, 0.3) is 0 Å². The Hall–Kier alpha value is -1.12. The molecule has 0 amide bonds. The highest BCUT2D eigenvalue weighted by molar-refractivity contribution is 5.52. The van der Waals surface area contributed by atoms with Crippen LogP contribution in [0.4, 0.5) is 0 Å². The van der Waals surface area contributed by atoms with E-state index in [0.29, 0.717) is 5.92 Å². The molecule has 0 aromatic heterocycles. The lowest BCUT2D eigenvalue weighted by atomic mass is 9.75. The second-order valence-electron chi connectivity index (χ2n) is 6.69. The molecule has 2 heteroatoms. The fourth-order valence-electron chi connectivity index (χ4n) is 4.38. The number of hydrogen-bond acceptors (Lipinski definition) is 2. The molecule has 1 aromatic rings. The molecule has 2 heterocycles. The molecule has 1 aromatic carbocycles. The first-order valence-electron chi connectivity index (χ1n) is 7.82. The molecule has 0 N–H and O–H groups in total. The Morgan fingerprint density at radius 1 is 1.25 bits per heavy atom. The van der Waals surface area contributed by atoms with Gasteiger partial charge in [0.1, 0.15) is 5.60 Å². The van der Waals surface area contributed by atoms with Crippen molar-refractivity contribution in [2.24, 2.45) is 5.92 Å². The molecule has 0 spiro atoms. The van der Waals surface area contributed by atoms with E-state index >= 15 is 0 Å². The van der Waals surface area contributed by atoms with E-state index in [1.54, 1.807) is 0 Å². The molecule has 3 aliphatic rings. The highest BCUT2D eigenvalue weighted by Gasteiger charge is 2.51. The predicted octanol–water partition coefficient (Wildman–Crippen LogP) is 3.04. The molecule has 1 aliphatic carbocycles. The second kappa shape index (κ2) is 4.44. The highest BCUT2D eigenvalue weighted by atomic mass is 16.5. The van der Waals surface area contributed by atoms with Gasteiger partial charge in [-0.15, -0.1) is 0 Å². The van der Waals surface area contributed by atoms with E-state index in [0.717, 1.165) is 13.0 Å². The van der Waals surface area contributed by atoms with Gasteiger partial charge in [-0.1, -0.05) is 29.8 Å². The van der Waals surface area contributed by atoms with Crippen LogP contribution in [-0.4, -0.2) is 31.6 Å². The molecule has 4 rings (SSSR count). The van der Waals surface area contributed by atoms with Gasteiger partial charge in [0.25, 0.3) is 0 Å². The standard InChI is InChI=1S/C18H23NO/c1-13-3-4-14-12-16-7-10-20-18(16,17(14)11-13)15-5-8-19(2)9-6-15/h3-4,7,11,15H,5-6,8-10,12H2,1-2H3. The van der Waals surface area contributed by atoms with Gasteiger partial charge in [0.15, 0.2) is 0 Å². The van der Waals surface area contributed by atoms with Gasteiger partial charge in [0.05, 0.1) is 6.61 Å². The zero-order chi connectivity index (χ0) is 13.7. The Morgan fingerprint density at radius 3 is 2.85 bits per heavy atom. The quantitative estimate of drug-likeness (QED) is 0.727. The number of hydrogen-bond donors (Lipinski definition) is 0. The normalized spacial score (nSPS) is 30.2. The third-order valence-electron chi connectivity index (χ3n) is 5.46. The Bertz CT molecular complexity index is 569. The second-order valence-corrected chi connectivity index (χ2v) is 6.69. The monoisotopic (exact) mass is 269 g/mol. The van der Waals surface area contributed by atoms with Crippen molar-refractivity contribution < 1.29 is 4.74 Å². The van der Waals surface area contributed by atoms with Crippen LogP contribution in [0, 0.1) is 12.8 Å². The molecule has 2 aliphatic heterocycles. The average molecular weight is 269 g/mol. The van der Waals surface area contributed by atoms with Crippen LogP contribution in [0.2, 0.25) is 0 Å². The van der Waals surface area contributed by atoms with Crippen LogP contribution in [0.5, 0.6) is 0 Å². The Labute approximate surface area is 121 Å². The van der Waals surface area contributed by atoms with E-state index in [-0.39, 0.29) is 5.60 Å². The zero-order valence-electron chi connectivity index (χ0n) is 12.5. The first-order chi connectivity index (χ1) is 9.70. The van der Waals surface area contributed by atoms with E-state index in [4.69, 9.17) is 4.74 Å². The van der Waals surface area contributed by atoms with E-state index in [2.05, 4.69) is 43.1 Å². The fourth-order valence-corrected chi connectivity index (χ4v) is 4.38. The van der Waals surface area contributed by atoms with Gasteiger partial charge in [0.2, 0.25) is 0 Å². The third-order valence-corrected chi connectivity index (χ3v) is 5.46. The summed E-state index contributed by atoms with van der Waals surface area (Å²) >= 11 is 0. The number of likely N-dealkylation sites (tertiary alicyclic amines) is 1. The smallest absolute Gasteiger partial charge is 0.118 e. The topological polar surface area (TPSA) is 12.5 Å². The van der Waals surface area contributed by atoms with Crippen molar-refractivity contribution in [2.45, 2.75) is 31.8 Å². The van der Waals surface area contributed by atoms with Crippen molar-refractivity contribution in [3.8, 4) is 0 Å². The lowest BCUT2D eigenvalue weighted by Crippen LogP contribution is -2.42. The number of piperidine rings is 1. The van der Waals surface area contributed by atoms with Crippen molar-refractivity contribution in [1.29, 1.82) is 0 Å². The lowest BCUT2D eigenvalue weighted by molar-refractivity contribution is -0.0493. The van der Waals surface area contributed by atoms with Crippen LogP contribution in [0.15, 0.2) is 29.8 Å². The lowest BCUT2D eigenvalue weighted by Gasteiger charge is -2.41. The predicted molar refractivity (Wildman–Crippen MR) is 80.8 cm³/mol. The largest absolute Gasteiger partial charge is 0.362 e. The minimum atomic E-state index is -0.0807. The molecular weight excluding hydrogens is 246 g/mol. The summed E-state index contributed by atoms with van der Waals surface area (Å²) in [5.74, 6) is 0.649. The molecule has 0 bridgehead atoms. The Kier molecular flexibility index (Phi) is 2.80. The van der Waals surface area contributed by atoms with Crippen LogP contribution < -0.4 is 0 Å². The maximum atomic E-state index is 6.41. The molecule has 2 nitrogen and oxygen atoms in total. The summed E-state index contributed by atoms with van der Waals surface area (Å²) in [6.07, 6.45) is 5.94. The first-order valence-corrected chi connectivity index (χ1v) is 7.82. The van der Waals surface area contributed by atoms with Crippen molar-refractivity contribution in [1.82, 2.24) is 4.90 Å². The number of benzene rings is 1. The molecule has 1 atom stereocenters. The molecule has 106 valence electrons. The molecule has 1 unspecified atom stereocenters. The summed E-state index contributed by atoms with van der Waals surface area (Å²) in [6.45, 7) is 5.39. The SMILES string of the molecule is Cc1ccc2c(c1)C1(C3CCN(C)CC3)OCC=C1C2. The number of nitrogens with zero attached hydrogens (tertiary/aromatic N) is 1. The van der Waals surface area contributed by atoms with E-state index in [1.807, 2.05) is 0 Å². The van der Waals surface area contributed by atoms with Crippen LogP contribution in [0.3, 0.4) is 0 Å². The minimum Gasteiger partial charge on any atom is -0.362 e. The van der Waals surface area contributed by atoms with Gasteiger partial charge in [-0.3, -0.25) is 0 Å². The maximum absolute atomic E-state index is 6.41. The minimum absolute atomic E-state index is 0.0807. The van der Waals surface area contributed by atoms with Crippen molar-refractivity contribution in [3.63, 3.8) is 0 Å². The molecular formula is C18H23NO. The van der Waals surface area contributed by atoms with Crippen molar-refractivity contribution in [3.05, 3.63) is 46.5 Å². The summed E-state index contributed by atoms with van der Waals surface area (Å²) < 4.78 is 6.41. The average Bonchev–Trinajstić information content (AvgIpc) is 2.97. The number of aryl methyl sites for hydroxylation is 1. The number of fused-ring (bicyclic) bond motifs is 3. The zero-order valence-corrected chi connectivity index (χ0v) is 12.5. The summed E-state index contributed by atoms with van der Waals surface area (Å²) in [5, 5.41) is 0. The van der Waals surface area contributed by atoms with Crippen LogP contribution in [-0.2, 0) is 16.8 Å². The van der Waals surface area contributed by atoms with E-state index < -0.39 is 0 Å². The summed E-state index contributed by atoms with van der Waals surface area (Å²) in [7, 11) is 2.23.